The second kappa shape index (κ2) is 6.38. The first-order valence-electron chi connectivity index (χ1n) is 8.16. The van der Waals surface area contributed by atoms with Gasteiger partial charge in [0.2, 0.25) is 0 Å². The Morgan fingerprint density at radius 1 is 1.00 bits per heavy atom. The van der Waals surface area contributed by atoms with E-state index >= 15 is 0 Å². The Kier molecular flexibility index (Phi) is 5.08. The van der Waals surface area contributed by atoms with Crippen molar-refractivity contribution in [3.63, 3.8) is 0 Å². The van der Waals surface area contributed by atoms with Crippen molar-refractivity contribution < 1.29 is 0 Å². The van der Waals surface area contributed by atoms with Crippen LogP contribution in [0.4, 0.5) is 0 Å². The fraction of sp³-hybridized carbons (Fsp3) is 1.00. The number of likely N-dealkylation sites (tertiary alicyclic amines) is 1. The van der Waals surface area contributed by atoms with E-state index in [1.807, 2.05) is 0 Å². The summed E-state index contributed by atoms with van der Waals surface area (Å²) < 4.78 is 0. The quantitative estimate of drug-likeness (QED) is 0.814. The molecule has 2 atom stereocenters. The highest BCUT2D eigenvalue weighted by molar-refractivity contribution is 4.97. The number of piperidine rings is 1. The summed E-state index contributed by atoms with van der Waals surface area (Å²) >= 11 is 0. The molecule has 0 radical (unpaired) electrons. The third-order valence-electron chi connectivity index (χ3n) is 5.65. The zero-order chi connectivity index (χ0) is 13.0. The molecule has 0 aromatic carbocycles. The molecule has 0 aromatic heterocycles. The van der Waals surface area contributed by atoms with E-state index in [-0.39, 0.29) is 0 Å². The van der Waals surface area contributed by atoms with E-state index in [0.717, 1.165) is 18.5 Å². The Morgan fingerprint density at radius 3 is 2.22 bits per heavy atom. The third kappa shape index (κ3) is 2.91. The Morgan fingerprint density at radius 2 is 1.61 bits per heavy atom. The van der Waals surface area contributed by atoms with E-state index in [1.165, 1.54) is 64.3 Å². The number of nitrogens with two attached hydrogens (primary N) is 1. The van der Waals surface area contributed by atoms with E-state index in [4.69, 9.17) is 5.73 Å². The van der Waals surface area contributed by atoms with Gasteiger partial charge in [-0.2, -0.15) is 0 Å². The first-order valence-corrected chi connectivity index (χ1v) is 8.16. The van der Waals surface area contributed by atoms with Crippen molar-refractivity contribution in [1.82, 2.24) is 4.90 Å². The molecule has 1 heterocycles. The average molecular weight is 252 g/mol. The van der Waals surface area contributed by atoms with Crippen LogP contribution in [0.5, 0.6) is 0 Å². The summed E-state index contributed by atoms with van der Waals surface area (Å²) in [6.45, 7) is 7.00. The van der Waals surface area contributed by atoms with Gasteiger partial charge in [0, 0.05) is 18.1 Å². The van der Waals surface area contributed by atoms with Gasteiger partial charge in [-0.3, -0.25) is 4.90 Å². The molecular weight excluding hydrogens is 220 g/mol. The van der Waals surface area contributed by atoms with Crippen LogP contribution < -0.4 is 5.73 Å². The molecular formula is C16H32N2. The molecule has 2 aliphatic rings. The summed E-state index contributed by atoms with van der Waals surface area (Å²) in [4.78, 5) is 2.80. The van der Waals surface area contributed by atoms with Gasteiger partial charge in [-0.15, -0.1) is 0 Å². The lowest BCUT2D eigenvalue weighted by Crippen LogP contribution is -2.60. The summed E-state index contributed by atoms with van der Waals surface area (Å²) in [7, 11) is 0. The molecule has 0 aromatic rings. The van der Waals surface area contributed by atoms with Gasteiger partial charge in [-0.05, 0) is 45.1 Å². The molecule has 0 amide bonds. The lowest BCUT2D eigenvalue weighted by atomic mass is 9.78. The molecule has 2 fully saturated rings. The maximum Gasteiger partial charge on any atom is 0.0334 e. The molecule has 2 unspecified atom stereocenters. The predicted octanol–water partition coefficient (Wildman–Crippen LogP) is 3.55. The Hall–Kier alpha value is -0.0800. The van der Waals surface area contributed by atoms with Gasteiger partial charge in [0.1, 0.15) is 0 Å². The molecule has 2 rings (SSSR count). The number of hydrogen-bond acceptors (Lipinski definition) is 2. The minimum absolute atomic E-state index is 0.328. The van der Waals surface area contributed by atoms with E-state index in [0.29, 0.717) is 5.54 Å². The molecule has 1 aliphatic heterocycles. The highest BCUT2D eigenvalue weighted by atomic mass is 15.2. The summed E-state index contributed by atoms with van der Waals surface area (Å²) in [5.41, 5.74) is 6.58. The Balaban J connectivity index is 2.12. The Bertz CT molecular complexity index is 243. The van der Waals surface area contributed by atoms with Crippen LogP contribution in [-0.4, -0.2) is 29.6 Å². The van der Waals surface area contributed by atoms with E-state index in [1.54, 1.807) is 0 Å². The first kappa shape index (κ1) is 14.3. The van der Waals surface area contributed by atoms with Crippen LogP contribution in [0.25, 0.3) is 0 Å². The predicted molar refractivity (Wildman–Crippen MR) is 78.7 cm³/mol. The summed E-state index contributed by atoms with van der Waals surface area (Å²) in [6.07, 6.45) is 12.5. The zero-order valence-corrected chi connectivity index (χ0v) is 12.5. The first-order chi connectivity index (χ1) is 8.69. The molecule has 2 N–H and O–H groups in total. The fourth-order valence-corrected chi connectivity index (χ4v) is 4.18. The van der Waals surface area contributed by atoms with Gasteiger partial charge < -0.3 is 5.73 Å². The Labute approximate surface area is 113 Å². The van der Waals surface area contributed by atoms with Crippen LogP contribution in [0.1, 0.15) is 71.6 Å². The summed E-state index contributed by atoms with van der Waals surface area (Å²) in [5.74, 6) is 0.840. The minimum Gasteiger partial charge on any atom is -0.329 e. The standard InChI is InChI=1S/C16H32N2/c1-14-9-8-12-18(15(14)2)16(13-17)10-6-4-3-5-7-11-16/h14-15H,3-13,17H2,1-2H3. The van der Waals surface area contributed by atoms with Gasteiger partial charge >= 0.3 is 0 Å². The fourth-order valence-electron chi connectivity index (χ4n) is 4.18. The van der Waals surface area contributed by atoms with Gasteiger partial charge in [0.05, 0.1) is 0 Å². The maximum atomic E-state index is 6.26. The van der Waals surface area contributed by atoms with E-state index in [9.17, 15) is 0 Å². The van der Waals surface area contributed by atoms with Crippen molar-refractivity contribution in [2.45, 2.75) is 83.2 Å². The molecule has 106 valence electrons. The molecule has 18 heavy (non-hydrogen) atoms. The SMILES string of the molecule is CC1CCCN(C2(CN)CCCCCCC2)C1C. The topological polar surface area (TPSA) is 29.3 Å². The molecule has 0 bridgehead atoms. The van der Waals surface area contributed by atoms with Crippen LogP contribution in [0.15, 0.2) is 0 Å². The van der Waals surface area contributed by atoms with Crippen LogP contribution in [0, 0.1) is 5.92 Å². The lowest BCUT2D eigenvalue weighted by molar-refractivity contribution is -0.0111. The highest BCUT2D eigenvalue weighted by Gasteiger charge is 2.40. The molecule has 0 spiro atoms. The van der Waals surface area contributed by atoms with Crippen LogP contribution >= 0.6 is 0 Å². The second-order valence-electron chi connectivity index (χ2n) is 6.75. The average Bonchev–Trinajstić information content (AvgIpc) is 2.34. The summed E-state index contributed by atoms with van der Waals surface area (Å²) in [6, 6.07) is 0.724. The van der Waals surface area contributed by atoms with E-state index in [2.05, 4.69) is 18.7 Å². The van der Waals surface area contributed by atoms with Crippen LogP contribution in [-0.2, 0) is 0 Å². The van der Waals surface area contributed by atoms with Crippen LogP contribution in [0.2, 0.25) is 0 Å². The van der Waals surface area contributed by atoms with Gasteiger partial charge in [-0.25, -0.2) is 0 Å². The molecule has 1 saturated carbocycles. The van der Waals surface area contributed by atoms with Crippen molar-refractivity contribution >= 4 is 0 Å². The van der Waals surface area contributed by atoms with Gasteiger partial charge in [-0.1, -0.05) is 39.0 Å². The monoisotopic (exact) mass is 252 g/mol. The normalized spacial score (nSPS) is 34.8. The van der Waals surface area contributed by atoms with Crippen molar-refractivity contribution in [3.8, 4) is 0 Å². The maximum absolute atomic E-state index is 6.26. The van der Waals surface area contributed by atoms with Crippen molar-refractivity contribution in [2.24, 2.45) is 11.7 Å². The molecule has 1 saturated heterocycles. The van der Waals surface area contributed by atoms with Gasteiger partial charge in [0.25, 0.3) is 0 Å². The van der Waals surface area contributed by atoms with Gasteiger partial charge in [0.15, 0.2) is 0 Å². The summed E-state index contributed by atoms with van der Waals surface area (Å²) in [5, 5.41) is 0. The smallest absolute Gasteiger partial charge is 0.0334 e. The second-order valence-corrected chi connectivity index (χ2v) is 6.75. The molecule has 2 heteroatoms. The van der Waals surface area contributed by atoms with Crippen molar-refractivity contribution in [1.29, 1.82) is 0 Å². The third-order valence-corrected chi connectivity index (χ3v) is 5.65. The van der Waals surface area contributed by atoms with Crippen LogP contribution in [0.3, 0.4) is 0 Å². The lowest BCUT2D eigenvalue weighted by Gasteiger charge is -2.51. The van der Waals surface area contributed by atoms with Crippen molar-refractivity contribution in [2.75, 3.05) is 13.1 Å². The minimum atomic E-state index is 0.328. The number of hydrogen-bond donors (Lipinski definition) is 1. The largest absolute Gasteiger partial charge is 0.329 e. The zero-order valence-electron chi connectivity index (χ0n) is 12.5. The number of nitrogens with zero attached hydrogens (tertiary/aromatic N) is 1. The highest BCUT2D eigenvalue weighted by Crippen LogP contribution is 2.37. The molecule has 1 aliphatic carbocycles. The van der Waals surface area contributed by atoms with Crippen molar-refractivity contribution in [3.05, 3.63) is 0 Å². The number of rotatable bonds is 2. The molecule has 2 nitrogen and oxygen atoms in total. The van der Waals surface area contributed by atoms with E-state index < -0.39 is 0 Å².